The maximum absolute atomic E-state index is 12.5. The van der Waals surface area contributed by atoms with Gasteiger partial charge < -0.3 is 4.90 Å². The lowest BCUT2D eigenvalue weighted by atomic mass is 10.0. The van der Waals surface area contributed by atoms with Gasteiger partial charge in [0.05, 0.1) is 6.42 Å². The van der Waals surface area contributed by atoms with Crippen molar-refractivity contribution in [2.75, 3.05) is 31.1 Å². The second-order valence-corrected chi connectivity index (χ2v) is 8.48. The number of hydrogen-bond donors (Lipinski definition) is 2. The van der Waals surface area contributed by atoms with E-state index in [9.17, 15) is 9.59 Å². The van der Waals surface area contributed by atoms with Gasteiger partial charge in [0.2, 0.25) is 5.91 Å². The molecular formula is C26H30N4O2. The number of benzene rings is 3. The molecule has 0 aromatic heterocycles. The van der Waals surface area contributed by atoms with E-state index in [0.29, 0.717) is 11.6 Å². The Bertz CT molecular complexity index is 1080. The molecule has 4 rings (SSSR count). The smallest absolute Gasteiger partial charge is 0.269 e. The van der Waals surface area contributed by atoms with Crippen LogP contribution in [0.3, 0.4) is 0 Å². The zero-order valence-electron chi connectivity index (χ0n) is 18.7. The molecule has 1 fully saturated rings. The van der Waals surface area contributed by atoms with Crippen molar-refractivity contribution in [2.45, 2.75) is 26.3 Å². The molecule has 3 aromatic carbocycles. The molecule has 6 heteroatoms. The maximum Gasteiger partial charge on any atom is 0.269 e. The number of rotatable bonds is 5. The Hall–Kier alpha value is -3.38. The van der Waals surface area contributed by atoms with E-state index in [0.717, 1.165) is 48.2 Å². The molecule has 0 bridgehead atoms. The van der Waals surface area contributed by atoms with Gasteiger partial charge in [0.15, 0.2) is 0 Å². The number of carbonyl (C=O) groups excluding carboxylic acids is 2. The number of nitrogens with zero attached hydrogens (tertiary/aromatic N) is 2. The van der Waals surface area contributed by atoms with Crippen LogP contribution in [0.4, 0.5) is 5.69 Å². The molecule has 1 aliphatic rings. The third-order valence-electron chi connectivity index (χ3n) is 6.09. The van der Waals surface area contributed by atoms with Gasteiger partial charge in [-0.1, -0.05) is 42.5 Å². The summed E-state index contributed by atoms with van der Waals surface area (Å²) in [6.45, 7) is 8.50. The predicted molar refractivity (Wildman–Crippen MR) is 129 cm³/mol. The Kier molecular flexibility index (Phi) is 6.71. The Morgan fingerprint density at radius 1 is 0.844 bits per heavy atom. The molecule has 0 radical (unpaired) electrons. The molecule has 2 amide bonds. The standard InChI is InChI=1S/C26H30N4O2/c1-19(2)29-14-16-30(17-15-29)23-12-10-21(11-13-23)26(32)28-27-25(31)18-22-8-5-7-20-6-3-4-9-24(20)22/h3-13,19H,14-18H2,1-2H3,(H,27,31)(H,28,32). The molecule has 0 unspecified atom stereocenters. The molecule has 166 valence electrons. The van der Waals surface area contributed by atoms with Gasteiger partial charge in [0, 0.05) is 43.5 Å². The van der Waals surface area contributed by atoms with Crippen LogP contribution in [0.5, 0.6) is 0 Å². The zero-order chi connectivity index (χ0) is 22.5. The normalized spacial score (nSPS) is 14.5. The predicted octanol–water partition coefficient (Wildman–Crippen LogP) is 3.37. The Labute approximate surface area is 189 Å². The number of hydrogen-bond acceptors (Lipinski definition) is 4. The van der Waals surface area contributed by atoms with Gasteiger partial charge in [-0.2, -0.15) is 0 Å². The van der Waals surface area contributed by atoms with Crippen LogP contribution in [0.15, 0.2) is 66.7 Å². The first kappa shape index (κ1) is 21.8. The van der Waals surface area contributed by atoms with Gasteiger partial charge in [-0.25, -0.2) is 0 Å². The van der Waals surface area contributed by atoms with Gasteiger partial charge in [-0.05, 0) is 54.4 Å². The Morgan fingerprint density at radius 3 is 2.25 bits per heavy atom. The first-order valence-electron chi connectivity index (χ1n) is 11.2. The molecular weight excluding hydrogens is 400 g/mol. The van der Waals surface area contributed by atoms with Crippen LogP contribution in [0.2, 0.25) is 0 Å². The topological polar surface area (TPSA) is 64.7 Å². The van der Waals surface area contributed by atoms with Gasteiger partial charge in [-0.3, -0.25) is 25.3 Å². The first-order valence-corrected chi connectivity index (χ1v) is 11.2. The molecule has 0 atom stereocenters. The lowest BCUT2D eigenvalue weighted by Crippen LogP contribution is -2.48. The van der Waals surface area contributed by atoms with E-state index in [2.05, 4.69) is 34.5 Å². The van der Waals surface area contributed by atoms with Gasteiger partial charge >= 0.3 is 0 Å². The number of hydrazine groups is 1. The van der Waals surface area contributed by atoms with Crippen molar-refractivity contribution in [3.63, 3.8) is 0 Å². The lowest BCUT2D eigenvalue weighted by molar-refractivity contribution is -0.121. The van der Waals surface area contributed by atoms with Crippen molar-refractivity contribution in [3.8, 4) is 0 Å². The lowest BCUT2D eigenvalue weighted by Gasteiger charge is -2.38. The summed E-state index contributed by atoms with van der Waals surface area (Å²) < 4.78 is 0. The second-order valence-electron chi connectivity index (χ2n) is 8.48. The summed E-state index contributed by atoms with van der Waals surface area (Å²) in [5.74, 6) is -0.582. The molecule has 0 aliphatic carbocycles. The summed E-state index contributed by atoms with van der Waals surface area (Å²) in [6, 6.07) is 22.0. The van der Waals surface area contributed by atoms with Crippen molar-refractivity contribution in [2.24, 2.45) is 0 Å². The fraction of sp³-hybridized carbons (Fsp3) is 0.308. The minimum absolute atomic E-state index is 0.197. The number of piperazine rings is 1. The summed E-state index contributed by atoms with van der Waals surface area (Å²) in [7, 11) is 0. The maximum atomic E-state index is 12.5. The summed E-state index contributed by atoms with van der Waals surface area (Å²) in [5.41, 5.74) is 7.62. The molecule has 6 nitrogen and oxygen atoms in total. The van der Waals surface area contributed by atoms with Crippen LogP contribution in [0, 0.1) is 0 Å². The Morgan fingerprint density at radius 2 is 1.53 bits per heavy atom. The van der Waals surface area contributed by atoms with E-state index in [1.54, 1.807) is 12.1 Å². The molecule has 1 saturated heterocycles. The first-order chi connectivity index (χ1) is 15.5. The third-order valence-corrected chi connectivity index (χ3v) is 6.09. The summed E-state index contributed by atoms with van der Waals surface area (Å²) in [6.07, 6.45) is 0.197. The van der Waals surface area contributed by atoms with E-state index in [4.69, 9.17) is 0 Å². The van der Waals surface area contributed by atoms with Crippen molar-refractivity contribution >= 4 is 28.3 Å². The zero-order valence-corrected chi connectivity index (χ0v) is 18.7. The van der Waals surface area contributed by atoms with Gasteiger partial charge in [-0.15, -0.1) is 0 Å². The highest BCUT2D eigenvalue weighted by molar-refractivity contribution is 5.96. The second kappa shape index (κ2) is 9.83. The van der Waals surface area contributed by atoms with Crippen LogP contribution in [-0.2, 0) is 11.2 Å². The van der Waals surface area contributed by atoms with Crippen molar-refractivity contribution in [3.05, 3.63) is 77.9 Å². The van der Waals surface area contributed by atoms with Crippen LogP contribution in [-0.4, -0.2) is 48.9 Å². The number of fused-ring (bicyclic) bond motifs is 1. The highest BCUT2D eigenvalue weighted by Gasteiger charge is 2.19. The molecule has 2 N–H and O–H groups in total. The summed E-state index contributed by atoms with van der Waals surface area (Å²) in [5, 5.41) is 2.13. The van der Waals surface area contributed by atoms with E-state index >= 15 is 0 Å². The molecule has 3 aromatic rings. The number of nitrogens with one attached hydrogen (secondary N) is 2. The SMILES string of the molecule is CC(C)N1CCN(c2ccc(C(=O)NNC(=O)Cc3cccc4ccccc34)cc2)CC1. The third kappa shape index (κ3) is 5.08. The highest BCUT2D eigenvalue weighted by atomic mass is 16.2. The van der Waals surface area contributed by atoms with Gasteiger partial charge in [0.25, 0.3) is 5.91 Å². The van der Waals surface area contributed by atoms with Crippen molar-refractivity contribution in [1.29, 1.82) is 0 Å². The van der Waals surface area contributed by atoms with E-state index in [-0.39, 0.29) is 18.2 Å². The largest absolute Gasteiger partial charge is 0.369 e. The monoisotopic (exact) mass is 430 g/mol. The molecule has 32 heavy (non-hydrogen) atoms. The highest BCUT2D eigenvalue weighted by Crippen LogP contribution is 2.19. The van der Waals surface area contributed by atoms with Crippen LogP contribution < -0.4 is 15.8 Å². The van der Waals surface area contributed by atoms with E-state index in [1.165, 1.54) is 0 Å². The molecule has 0 spiro atoms. The molecule has 1 aliphatic heterocycles. The minimum atomic E-state index is -0.326. The minimum Gasteiger partial charge on any atom is -0.369 e. The van der Waals surface area contributed by atoms with E-state index in [1.807, 2.05) is 54.6 Å². The quantitative estimate of drug-likeness (QED) is 0.609. The van der Waals surface area contributed by atoms with Crippen molar-refractivity contribution < 1.29 is 9.59 Å². The van der Waals surface area contributed by atoms with Crippen LogP contribution >= 0.6 is 0 Å². The van der Waals surface area contributed by atoms with Gasteiger partial charge in [0.1, 0.15) is 0 Å². The van der Waals surface area contributed by atoms with E-state index < -0.39 is 0 Å². The van der Waals surface area contributed by atoms with Crippen LogP contribution in [0.1, 0.15) is 29.8 Å². The fourth-order valence-electron chi connectivity index (χ4n) is 4.18. The number of carbonyl (C=O) groups is 2. The number of anilines is 1. The Balaban J connectivity index is 1.30. The van der Waals surface area contributed by atoms with Crippen LogP contribution in [0.25, 0.3) is 10.8 Å². The summed E-state index contributed by atoms with van der Waals surface area (Å²) >= 11 is 0. The average molecular weight is 431 g/mol. The molecule has 1 heterocycles. The average Bonchev–Trinajstić information content (AvgIpc) is 2.83. The summed E-state index contributed by atoms with van der Waals surface area (Å²) in [4.78, 5) is 29.7. The molecule has 0 saturated carbocycles. The number of amides is 2. The van der Waals surface area contributed by atoms with Crippen molar-refractivity contribution in [1.82, 2.24) is 15.8 Å². The fourth-order valence-corrected chi connectivity index (χ4v) is 4.18.